The number of ether oxygens (including phenoxy) is 2. The predicted octanol–water partition coefficient (Wildman–Crippen LogP) is 4.79. The number of anilines is 1. The number of hydrogen-bond donors (Lipinski definition) is 2. The van der Waals surface area contributed by atoms with Crippen LogP contribution in [0.25, 0.3) is 0 Å². The fraction of sp³-hybridized carbons (Fsp3) is 0.333. The normalized spacial score (nSPS) is 21.9. The zero-order chi connectivity index (χ0) is 27.4. The van der Waals surface area contributed by atoms with E-state index in [9.17, 15) is 19.5 Å². The molecule has 38 heavy (non-hydrogen) atoms. The number of aliphatic hydroxyl groups is 1. The Morgan fingerprint density at radius 1 is 0.974 bits per heavy atom. The second-order valence-corrected chi connectivity index (χ2v) is 9.66. The molecule has 1 amide bonds. The lowest BCUT2D eigenvalue weighted by Gasteiger charge is -2.41. The van der Waals surface area contributed by atoms with E-state index in [1.54, 1.807) is 0 Å². The number of nitrogens with one attached hydrogen (secondary N) is 1. The van der Waals surface area contributed by atoms with Gasteiger partial charge in [-0.3, -0.25) is 4.79 Å². The van der Waals surface area contributed by atoms with Gasteiger partial charge >= 0.3 is 11.9 Å². The average molecular weight is 517 g/mol. The van der Waals surface area contributed by atoms with Crippen LogP contribution in [0.5, 0.6) is 0 Å². The second kappa shape index (κ2) is 11.5. The van der Waals surface area contributed by atoms with Gasteiger partial charge in [0.1, 0.15) is 5.57 Å². The van der Waals surface area contributed by atoms with E-state index in [0.29, 0.717) is 12.8 Å². The molecule has 0 radical (unpaired) electrons. The molecule has 0 bridgehead atoms. The molecule has 2 aromatic rings. The summed E-state index contributed by atoms with van der Waals surface area (Å²) in [7, 11) is 2.23. The smallest absolute Gasteiger partial charge is 0.374 e. The molecule has 1 aliphatic carbocycles. The number of aryl methyl sites for hydroxylation is 2. The predicted molar refractivity (Wildman–Crippen MR) is 144 cm³/mol. The lowest BCUT2D eigenvalue weighted by molar-refractivity contribution is -0.141. The first-order valence-corrected chi connectivity index (χ1v) is 12.5. The van der Waals surface area contributed by atoms with Crippen LogP contribution in [-0.2, 0) is 23.9 Å². The molecule has 2 N–H and O–H groups in total. The van der Waals surface area contributed by atoms with E-state index in [2.05, 4.69) is 15.0 Å². The standard InChI is InChI=1S/C30H32N2O6/c1-17-9-13-19(14-10-17)25(31-20-15-11-18(2)12-16-20)23-21-7-5-6-8-22(21)26(32-28(23)34)24(29(35)37-3)27(33)30(36)38-4/h5,7,9-16,21-23,25,31,33H,6,8H2,1-4H3/b27-24+/t21-,22+,23+,25+/m0/s1. The molecule has 0 spiro atoms. The largest absolute Gasteiger partial charge is 0.501 e. The molecule has 2 aromatic carbocycles. The van der Waals surface area contributed by atoms with Crippen molar-refractivity contribution in [1.29, 1.82) is 0 Å². The van der Waals surface area contributed by atoms with E-state index >= 15 is 0 Å². The van der Waals surface area contributed by atoms with Crippen molar-refractivity contribution >= 4 is 29.2 Å². The Morgan fingerprint density at radius 2 is 1.58 bits per heavy atom. The third-order valence-electron chi connectivity index (χ3n) is 7.18. The van der Waals surface area contributed by atoms with Crippen molar-refractivity contribution in [2.75, 3.05) is 19.5 Å². The summed E-state index contributed by atoms with van der Waals surface area (Å²) in [5.74, 6) is -4.82. The first-order chi connectivity index (χ1) is 18.2. The van der Waals surface area contributed by atoms with Crippen molar-refractivity contribution in [2.45, 2.75) is 32.7 Å². The Morgan fingerprint density at radius 3 is 2.18 bits per heavy atom. The summed E-state index contributed by atoms with van der Waals surface area (Å²) in [6.45, 7) is 4.01. The lowest BCUT2D eigenvalue weighted by atomic mass is 9.67. The summed E-state index contributed by atoms with van der Waals surface area (Å²) in [6.07, 6.45) is 5.26. The molecule has 8 heteroatoms. The minimum Gasteiger partial charge on any atom is -0.501 e. The number of benzene rings is 2. The maximum Gasteiger partial charge on any atom is 0.374 e. The molecule has 2 aliphatic rings. The maximum atomic E-state index is 13.8. The van der Waals surface area contributed by atoms with Gasteiger partial charge in [0.25, 0.3) is 5.91 Å². The maximum absolute atomic E-state index is 13.8. The number of amides is 1. The van der Waals surface area contributed by atoms with E-state index in [1.165, 1.54) is 0 Å². The van der Waals surface area contributed by atoms with Crippen LogP contribution < -0.4 is 5.32 Å². The van der Waals surface area contributed by atoms with Crippen LogP contribution in [0.4, 0.5) is 5.69 Å². The van der Waals surface area contributed by atoms with E-state index in [-0.39, 0.29) is 11.6 Å². The van der Waals surface area contributed by atoms with E-state index in [4.69, 9.17) is 4.74 Å². The fourth-order valence-electron chi connectivity index (χ4n) is 5.20. The van der Waals surface area contributed by atoms with Gasteiger partial charge in [0, 0.05) is 11.6 Å². The van der Waals surface area contributed by atoms with Crippen LogP contribution >= 0.6 is 0 Å². The lowest BCUT2D eigenvalue weighted by Crippen LogP contribution is -2.45. The van der Waals surface area contributed by atoms with Gasteiger partial charge in [0.15, 0.2) is 0 Å². The number of esters is 2. The van der Waals surface area contributed by atoms with Crippen molar-refractivity contribution in [3.8, 4) is 0 Å². The van der Waals surface area contributed by atoms with Gasteiger partial charge in [-0.1, -0.05) is 59.7 Å². The molecule has 4 rings (SSSR count). The van der Waals surface area contributed by atoms with Gasteiger partial charge in [0.2, 0.25) is 5.76 Å². The van der Waals surface area contributed by atoms with Gasteiger partial charge in [-0.05, 0) is 50.3 Å². The van der Waals surface area contributed by atoms with Crippen molar-refractivity contribution in [3.63, 3.8) is 0 Å². The minimum absolute atomic E-state index is 0.0494. The quantitative estimate of drug-likeness (QED) is 0.235. The third-order valence-corrected chi connectivity index (χ3v) is 7.18. The highest BCUT2D eigenvalue weighted by molar-refractivity contribution is 6.26. The number of allylic oxidation sites excluding steroid dienone is 2. The van der Waals surface area contributed by atoms with Gasteiger partial charge in [0.05, 0.1) is 31.9 Å². The van der Waals surface area contributed by atoms with Crippen LogP contribution in [0.2, 0.25) is 0 Å². The van der Waals surface area contributed by atoms with Crippen LogP contribution in [0.1, 0.15) is 35.6 Å². The summed E-state index contributed by atoms with van der Waals surface area (Å²) in [4.78, 5) is 43.1. The molecular formula is C30H32N2O6. The van der Waals surface area contributed by atoms with Crippen molar-refractivity contribution in [2.24, 2.45) is 22.7 Å². The highest BCUT2D eigenvalue weighted by atomic mass is 16.5. The number of aliphatic imine (C=N–C) groups is 1. The first kappa shape index (κ1) is 26.9. The zero-order valence-electron chi connectivity index (χ0n) is 21.9. The average Bonchev–Trinajstić information content (AvgIpc) is 2.93. The number of methoxy groups -OCH3 is 2. The fourth-order valence-corrected chi connectivity index (χ4v) is 5.20. The Kier molecular flexibility index (Phi) is 8.10. The molecule has 0 saturated carbocycles. The molecule has 0 unspecified atom stereocenters. The second-order valence-electron chi connectivity index (χ2n) is 9.66. The van der Waals surface area contributed by atoms with Crippen LogP contribution in [-0.4, -0.2) is 42.9 Å². The van der Waals surface area contributed by atoms with Crippen molar-refractivity contribution < 1.29 is 29.0 Å². The summed E-state index contributed by atoms with van der Waals surface area (Å²) in [6, 6.07) is 15.5. The van der Waals surface area contributed by atoms with E-state index < -0.39 is 47.1 Å². The number of hydrogen-bond acceptors (Lipinski definition) is 7. The zero-order valence-corrected chi connectivity index (χ0v) is 21.9. The third kappa shape index (κ3) is 5.39. The van der Waals surface area contributed by atoms with E-state index in [0.717, 1.165) is 36.6 Å². The minimum atomic E-state index is -1.11. The molecule has 4 atom stereocenters. The molecule has 1 aliphatic heterocycles. The molecular weight excluding hydrogens is 484 g/mol. The van der Waals surface area contributed by atoms with Gasteiger partial charge in [-0.25, -0.2) is 14.6 Å². The number of rotatable bonds is 7. The monoisotopic (exact) mass is 516 g/mol. The number of fused-ring (bicyclic) bond motifs is 1. The number of carbonyl (C=O) groups is 3. The van der Waals surface area contributed by atoms with Crippen LogP contribution in [0, 0.1) is 31.6 Å². The number of aliphatic hydroxyl groups excluding tert-OH is 1. The highest BCUT2D eigenvalue weighted by Gasteiger charge is 2.47. The van der Waals surface area contributed by atoms with E-state index in [1.807, 2.05) is 74.5 Å². The molecule has 198 valence electrons. The Balaban J connectivity index is 1.85. The Hall–Kier alpha value is -4.20. The van der Waals surface area contributed by atoms with Crippen LogP contribution in [0.3, 0.4) is 0 Å². The van der Waals surface area contributed by atoms with Gasteiger partial charge in [-0.15, -0.1) is 0 Å². The van der Waals surface area contributed by atoms with Crippen molar-refractivity contribution in [1.82, 2.24) is 0 Å². The van der Waals surface area contributed by atoms with Crippen molar-refractivity contribution in [3.05, 3.63) is 88.7 Å². The molecule has 0 aromatic heterocycles. The summed E-state index contributed by atoms with van der Waals surface area (Å²) in [5, 5.41) is 14.1. The summed E-state index contributed by atoms with van der Waals surface area (Å²) >= 11 is 0. The first-order valence-electron chi connectivity index (χ1n) is 12.5. The Labute approximate surface area is 222 Å². The summed E-state index contributed by atoms with van der Waals surface area (Å²) < 4.78 is 9.48. The molecule has 1 heterocycles. The topological polar surface area (TPSA) is 114 Å². The van der Waals surface area contributed by atoms with Gasteiger partial charge < -0.3 is 19.9 Å². The summed E-state index contributed by atoms with van der Waals surface area (Å²) in [5.41, 5.74) is 3.61. The Bertz CT molecular complexity index is 1310. The highest BCUT2D eigenvalue weighted by Crippen LogP contribution is 2.44. The number of nitrogens with zero attached hydrogens (tertiary/aromatic N) is 1. The SMILES string of the molecule is COC(=O)/C(O)=C(\C(=O)OC)C1=NC(=O)[C@@H]([C@H](Nc2ccc(C)cc2)c2ccc(C)cc2)[C@H]2C=CCC[C@@H]12. The number of carbonyl (C=O) groups excluding carboxylic acids is 3. The van der Waals surface area contributed by atoms with Crippen LogP contribution in [0.15, 0.2) is 77.0 Å². The van der Waals surface area contributed by atoms with Gasteiger partial charge in [-0.2, -0.15) is 0 Å². The molecule has 0 fully saturated rings. The molecule has 0 saturated heterocycles. The molecule has 8 nitrogen and oxygen atoms in total.